The Morgan fingerprint density at radius 3 is 2.59 bits per heavy atom. The molecule has 0 unspecified atom stereocenters. The Hall–Kier alpha value is -2.01. The number of carbonyl (C=O) groups excluding carboxylic acids is 2. The molecule has 0 aliphatic heterocycles. The number of rotatable bonds is 5. The highest BCUT2D eigenvalue weighted by atomic mass is 32.1. The summed E-state index contributed by atoms with van der Waals surface area (Å²) >= 11 is 1.47. The van der Waals surface area contributed by atoms with Crippen molar-refractivity contribution in [1.29, 1.82) is 0 Å². The van der Waals surface area contributed by atoms with E-state index in [2.05, 4.69) is 4.99 Å². The number of nitrogens with zero attached hydrogens (tertiary/aromatic N) is 2. The van der Waals surface area contributed by atoms with E-state index in [1.54, 1.807) is 12.3 Å². The SMILES string of the molecule is Cc1ccc(C(=O)CCC(=O)n2ccccc2=NC(C)C)s1. The second-order valence-corrected chi connectivity index (χ2v) is 6.67. The summed E-state index contributed by atoms with van der Waals surface area (Å²) in [5, 5.41) is 0. The molecule has 2 aromatic heterocycles. The van der Waals surface area contributed by atoms with Crippen LogP contribution >= 0.6 is 11.3 Å². The van der Waals surface area contributed by atoms with Gasteiger partial charge in [0.1, 0.15) is 5.49 Å². The molecule has 0 saturated carbocycles. The van der Waals surface area contributed by atoms with Crippen molar-refractivity contribution < 1.29 is 9.59 Å². The van der Waals surface area contributed by atoms with Crippen LogP contribution in [0.25, 0.3) is 0 Å². The molecule has 2 aromatic rings. The van der Waals surface area contributed by atoms with Crippen molar-refractivity contribution >= 4 is 23.0 Å². The van der Waals surface area contributed by atoms with E-state index >= 15 is 0 Å². The first-order chi connectivity index (χ1) is 10.5. The molecule has 22 heavy (non-hydrogen) atoms. The van der Waals surface area contributed by atoms with E-state index in [9.17, 15) is 9.59 Å². The van der Waals surface area contributed by atoms with E-state index in [0.29, 0.717) is 5.49 Å². The second-order valence-electron chi connectivity index (χ2n) is 5.38. The van der Waals surface area contributed by atoms with E-state index in [4.69, 9.17) is 0 Å². The normalized spacial score (nSPS) is 11.9. The Bertz CT molecular complexity index is 741. The predicted molar refractivity (Wildman–Crippen MR) is 88.4 cm³/mol. The number of aryl methyl sites for hydroxylation is 1. The number of thiophene rings is 1. The zero-order chi connectivity index (χ0) is 16.1. The van der Waals surface area contributed by atoms with Gasteiger partial charge in [-0.25, -0.2) is 0 Å². The maximum Gasteiger partial charge on any atom is 0.232 e. The summed E-state index contributed by atoms with van der Waals surface area (Å²) in [6.07, 6.45) is 2.11. The Labute approximate surface area is 134 Å². The number of carbonyl (C=O) groups is 2. The summed E-state index contributed by atoms with van der Waals surface area (Å²) in [5.41, 5.74) is 0.627. The van der Waals surface area contributed by atoms with Crippen molar-refractivity contribution in [3.05, 3.63) is 51.8 Å². The zero-order valence-electron chi connectivity index (χ0n) is 13.1. The molecule has 4 nitrogen and oxygen atoms in total. The lowest BCUT2D eigenvalue weighted by atomic mass is 10.2. The highest BCUT2D eigenvalue weighted by Gasteiger charge is 2.12. The Morgan fingerprint density at radius 2 is 1.95 bits per heavy atom. The van der Waals surface area contributed by atoms with Gasteiger partial charge in [0.05, 0.1) is 4.88 Å². The summed E-state index contributed by atoms with van der Waals surface area (Å²) in [6.45, 7) is 5.89. The summed E-state index contributed by atoms with van der Waals surface area (Å²) in [6, 6.07) is 9.30. The molecule has 0 saturated heterocycles. The lowest BCUT2D eigenvalue weighted by molar-refractivity contribution is 0.0860. The number of ketones is 1. The lowest BCUT2D eigenvalue weighted by Crippen LogP contribution is -2.27. The molecule has 0 aliphatic carbocycles. The summed E-state index contributed by atoms with van der Waals surface area (Å²) in [5.74, 6) is -0.0908. The van der Waals surface area contributed by atoms with Crippen LogP contribution in [0.4, 0.5) is 0 Å². The largest absolute Gasteiger partial charge is 0.293 e. The quantitative estimate of drug-likeness (QED) is 0.793. The van der Waals surface area contributed by atoms with Gasteiger partial charge >= 0.3 is 0 Å². The van der Waals surface area contributed by atoms with Gasteiger partial charge in [-0.3, -0.25) is 19.1 Å². The van der Waals surface area contributed by atoms with Crippen LogP contribution in [0.3, 0.4) is 0 Å². The predicted octanol–water partition coefficient (Wildman–Crippen LogP) is 3.47. The summed E-state index contributed by atoms with van der Waals surface area (Å²) in [4.78, 5) is 30.7. The van der Waals surface area contributed by atoms with Crippen LogP contribution in [-0.2, 0) is 0 Å². The number of hydrogen-bond donors (Lipinski definition) is 0. The van der Waals surface area contributed by atoms with Crippen LogP contribution in [0.15, 0.2) is 41.5 Å². The topological polar surface area (TPSA) is 51.4 Å². The molecule has 5 heteroatoms. The molecule has 0 fully saturated rings. The molecule has 0 aromatic carbocycles. The minimum atomic E-state index is -0.110. The first kappa shape index (κ1) is 16.4. The summed E-state index contributed by atoms with van der Waals surface area (Å²) < 4.78 is 1.52. The molecule has 0 atom stereocenters. The average molecular weight is 316 g/mol. The number of hydrogen-bond acceptors (Lipinski definition) is 4. The third kappa shape index (κ3) is 4.24. The van der Waals surface area contributed by atoms with Gasteiger partial charge in [-0.1, -0.05) is 6.07 Å². The smallest absolute Gasteiger partial charge is 0.232 e. The fraction of sp³-hybridized carbons (Fsp3) is 0.353. The van der Waals surface area contributed by atoms with Gasteiger partial charge in [0, 0.05) is 30.0 Å². The van der Waals surface area contributed by atoms with Gasteiger partial charge in [-0.15, -0.1) is 11.3 Å². The van der Waals surface area contributed by atoms with Gasteiger partial charge in [-0.05, 0) is 45.0 Å². The maximum atomic E-state index is 12.3. The molecule has 0 spiro atoms. The number of pyridine rings is 1. The van der Waals surface area contributed by atoms with Crippen LogP contribution in [0, 0.1) is 6.92 Å². The molecule has 0 bridgehead atoms. The van der Waals surface area contributed by atoms with Crippen LogP contribution in [0.5, 0.6) is 0 Å². The van der Waals surface area contributed by atoms with E-state index < -0.39 is 0 Å². The van der Waals surface area contributed by atoms with Gasteiger partial charge in [0.15, 0.2) is 5.78 Å². The van der Waals surface area contributed by atoms with Gasteiger partial charge in [0.2, 0.25) is 5.91 Å². The van der Waals surface area contributed by atoms with Crippen molar-refractivity contribution in [3.63, 3.8) is 0 Å². The van der Waals surface area contributed by atoms with Crippen molar-refractivity contribution in [2.45, 2.75) is 39.7 Å². The van der Waals surface area contributed by atoms with E-state index in [1.165, 1.54) is 15.9 Å². The van der Waals surface area contributed by atoms with E-state index in [0.717, 1.165) is 9.75 Å². The van der Waals surface area contributed by atoms with Crippen molar-refractivity contribution in [2.75, 3.05) is 0 Å². The van der Waals surface area contributed by atoms with Gasteiger partial charge in [0.25, 0.3) is 0 Å². The standard InChI is InChI=1S/C17H20N2O2S/c1-12(2)18-16-6-4-5-11-19(16)17(21)10-8-14(20)15-9-7-13(3)22-15/h4-7,9,11-12H,8,10H2,1-3H3. The maximum absolute atomic E-state index is 12.3. The summed E-state index contributed by atoms with van der Waals surface area (Å²) in [7, 11) is 0. The highest BCUT2D eigenvalue weighted by Crippen LogP contribution is 2.17. The Kier molecular flexibility index (Phi) is 5.44. The zero-order valence-corrected chi connectivity index (χ0v) is 13.9. The van der Waals surface area contributed by atoms with E-state index in [1.807, 2.05) is 45.0 Å². The van der Waals surface area contributed by atoms with Crippen LogP contribution < -0.4 is 5.49 Å². The molecular weight excluding hydrogens is 296 g/mol. The molecule has 116 valence electrons. The minimum absolute atomic E-state index is 0.0188. The van der Waals surface area contributed by atoms with Crippen LogP contribution in [0.2, 0.25) is 0 Å². The second kappa shape index (κ2) is 7.31. The van der Waals surface area contributed by atoms with Crippen molar-refractivity contribution in [1.82, 2.24) is 4.57 Å². The molecule has 0 aliphatic rings. The average Bonchev–Trinajstić information content (AvgIpc) is 2.91. The molecular formula is C17H20N2O2S. The molecule has 0 N–H and O–H groups in total. The van der Waals surface area contributed by atoms with Crippen LogP contribution in [0.1, 0.15) is 46.0 Å². The third-order valence-electron chi connectivity index (χ3n) is 3.08. The molecule has 2 heterocycles. The highest BCUT2D eigenvalue weighted by molar-refractivity contribution is 7.14. The Morgan fingerprint density at radius 1 is 1.18 bits per heavy atom. The molecule has 2 rings (SSSR count). The van der Waals surface area contributed by atoms with Gasteiger partial charge < -0.3 is 0 Å². The fourth-order valence-corrected chi connectivity index (χ4v) is 2.90. The van der Waals surface area contributed by atoms with Crippen LogP contribution in [-0.4, -0.2) is 22.3 Å². The number of Topliss-reactive ketones (excluding diaryl/α,β-unsaturated/α-hetero) is 1. The minimum Gasteiger partial charge on any atom is -0.293 e. The molecule has 0 radical (unpaired) electrons. The third-order valence-corrected chi connectivity index (χ3v) is 4.12. The first-order valence-electron chi connectivity index (χ1n) is 7.31. The van der Waals surface area contributed by atoms with Crippen molar-refractivity contribution in [2.24, 2.45) is 4.99 Å². The monoisotopic (exact) mass is 316 g/mol. The number of aromatic nitrogens is 1. The Balaban J connectivity index is 2.09. The van der Waals surface area contributed by atoms with Crippen molar-refractivity contribution in [3.8, 4) is 0 Å². The van der Waals surface area contributed by atoms with E-state index in [-0.39, 0.29) is 30.6 Å². The molecule has 0 amide bonds. The fourth-order valence-electron chi connectivity index (χ4n) is 2.06. The van der Waals surface area contributed by atoms with Gasteiger partial charge in [-0.2, -0.15) is 0 Å². The first-order valence-corrected chi connectivity index (χ1v) is 8.13. The lowest BCUT2D eigenvalue weighted by Gasteiger charge is -2.06.